The Bertz CT molecular complexity index is 504. The van der Waals surface area contributed by atoms with Gasteiger partial charge >= 0.3 is 0 Å². The zero-order valence-corrected chi connectivity index (χ0v) is 14.4. The van der Waals surface area contributed by atoms with Gasteiger partial charge in [-0.2, -0.15) is 0 Å². The fourth-order valence-corrected chi connectivity index (χ4v) is 2.66. The Kier molecular flexibility index (Phi) is 4.76. The SMILES string of the molecule is COC1CN(c2nc(C(C)(C)C)nc(Cl)c2C)CC1OC. The third-order valence-electron chi connectivity index (χ3n) is 3.85. The highest BCUT2D eigenvalue weighted by Gasteiger charge is 2.35. The molecule has 0 saturated carbocycles. The van der Waals surface area contributed by atoms with Crippen LogP contribution in [0.3, 0.4) is 0 Å². The van der Waals surface area contributed by atoms with Gasteiger partial charge in [-0.15, -0.1) is 0 Å². The predicted molar refractivity (Wildman–Crippen MR) is 84.3 cm³/mol. The average molecular weight is 314 g/mol. The van der Waals surface area contributed by atoms with Crippen molar-refractivity contribution in [3.63, 3.8) is 0 Å². The van der Waals surface area contributed by atoms with Gasteiger partial charge in [-0.05, 0) is 6.92 Å². The molecule has 0 N–H and O–H groups in total. The molecule has 1 saturated heterocycles. The van der Waals surface area contributed by atoms with Gasteiger partial charge in [0, 0.05) is 38.3 Å². The first-order chi connectivity index (χ1) is 9.77. The van der Waals surface area contributed by atoms with E-state index in [0.717, 1.165) is 30.3 Å². The van der Waals surface area contributed by atoms with Gasteiger partial charge in [-0.25, -0.2) is 9.97 Å². The molecule has 1 aromatic heterocycles. The lowest BCUT2D eigenvalue weighted by atomic mass is 9.95. The number of nitrogens with zero attached hydrogens (tertiary/aromatic N) is 3. The molecule has 5 nitrogen and oxygen atoms in total. The fourth-order valence-electron chi connectivity index (χ4n) is 2.49. The van der Waals surface area contributed by atoms with E-state index in [1.54, 1.807) is 14.2 Å². The third-order valence-corrected chi connectivity index (χ3v) is 4.22. The van der Waals surface area contributed by atoms with Crippen molar-refractivity contribution in [2.75, 3.05) is 32.2 Å². The third kappa shape index (κ3) is 3.30. The summed E-state index contributed by atoms with van der Waals surface area (Å²) in [6.45, 7) is 9.68. The van der Waals surface area contributed by atoms with Crippen LogP contribution in [-0.4, -0.2) is 49.5 Å². The van der Waals surface area contributed by atoms with E-state index >= 15 is 0 Å². The fraction of sp³-hybridized carbons (Fsp3) is 0.733. The molecule has 0 aromatic carbocycles. The van der Waals surface area contributed by atoms with E-state index in [9.17, 15) is 0 Å². The monoisotopic (exact) mass is 313 g/mol. The number of ether oxygens (including phenoxy) is 2. The number of halogens is 1. The van der Waals surface area contributed by atoms with Crippen LogP contribution in [0.4, 0.5) is 5.82 Å². The molecule has 0 amide bonds. The number of rotatable bonds is 3. The quantitative estimate of drug-likeness (QED) is 0.803. The van der Waals surface area contributed by atoms with Crippen LogP contribution in [0.2, 0.25) is 5.15 Å². The molecule has 6 heteroatoms. The summed E-state index contributed by atoms with van der Waals surface area (Å²) in [4.78, 5) is 11.3. The summed E-state index contributed by atoms with van der Waals surface area (Å²) < 4.78 is 11.0. The Morgan fingerprint density at radius 1 is 1.10 bits per heavy atom. The normalized spacial score (nSPS) is 22.9. The van der Waals surface area contributed by atoms with Crippen LogP contribution in [0.25, 0.3) is 0 Å². The lowest BCUT2D eigenvalue weighted by Crippen LogP contribution is -2.27. The number of methoxy groups -OCH3 is 2. The highest BCUT2D eigenvalue weighted by molar-refractivity contribution is 6.30. The lowest BCUT2D eigenvalue weighted by molar-refractivity contribution is -0.00461. The van der Waals surface area contributed by atoms with Crippen LogP contribution < -0.4 is 4.90 Å². The van der Waals surface area contributed by atoms with E-state index in [2.05, 4.69) is 30.7 Å². The van der Waals surface area contributed by atoms with Gasteiger partial charge < -0.3 is 14.4 Å². The molecule has 2 rings (SSSR count). The van der Waals surface area contributed by atoms with Gasteiger partial charge in [-0.1, -0.05) is 32.4 Å². The number of aromatic nitrogens is 2. The molecule has 0 spiro atoms. The highest BCUT2D eigenvalue weighted by atomic mass is 35.5. The molecule has 1 aliphatic rings. The maximum Gasteiger partial charge on any atom is 0.137 e. The standard InChI is InChI=1S/C15H24ClN3O2/c1-9-12(16)17-14(15(2,3)4)18-13(9)19-7-10(20-5)11(8-19)21-6/h10-11H,7-8H2,1-6H3. The van der Waals surface area contributed by atoms with E-state index in [1.165, 1.54) is 0 Å². The van der Waals surface area contributed by atoms with Gasteiger partial charge in [0.1, 0.15) is 29.0 Å². The molecule has 0 bridgehead atoms. The van der Waals surface area contributed by atoms with Crippen molar-refractivity contribution in [2.45, 2.75) is 45.3 Å². The Morgan fingerprint density at radius 2 is 1.62 bits per heavy atom. The van der Waals surface area contributed by atoms with Crippen molar-refractivity contribution >= 4 is 17.4 Å². The molecule has 1 fully saturated rings. The van der Waals surface area contributed by atoms with E-state index in [4.69, 9.17) is 26.1 Å². The minimum atomic E-state index is -0.146. The van der Waals surface area contributed by atoms with Crippen molar-refractivity contribution < 1.29 is 9.47 Å². The van der Waals surface area contributed by atoms with E-state index in [0.29, 0.717) is 5.15 Å². The molecule has 2 atom stereocenters. The van der Waals surface area contributed by atoms with Crippen LogP contribution in [0.15, 0.2) is 0 Å². The molecule has 21 heavy (non-hydrogen) atoms. The summed E-state index contributed by atoms with van der Waals surface area (Å²) in [7, 11) is 3.42. The first-order valence-electron chi connectivity index (χ1n) is 7.13. The van der Waals surface area contributed by atoms with Gasteiger partial charge in [0.15, 0.2) is 0 Å². The zero-order chi connectivity index (χ0) is 15.8. The molecule has 1 aliphatic heterocycles. The molecular weight excluding hydrogens is 290 g/mol. The minimum Gasteiger partial charge on any atom is -0.377 e. The maximum absolute atomic E-state index is 6.30. The van der Waals surface area contributed by atoms with Crippen molar-refractivity contribution in [3.8, 4) is 0 Å². The molecule has 1 aromatic rings. The zero-order valence-electron chi connectivity index (χ0n) is 13.6. The summed E-state index contributed by atoms with van der Waals surface area (Å²) in [6, 6.07) is 0. The van der Waals surface area contributed by atoms with Crippen molar-refractivity contribution in [3.05, 3.63) is 16.5 Å². The van der Waals surface area contributed by atoms with Crippen LogP contribution in [0.1, 0.15) is 32.2 Å². The van der Waals surface area contributed by atoms with Gasteiger partial charge in [0.05, 0.1) is 0 Å². The Balaban J connectivity index is 2.38. The van der Waals surface area contributed by atoms with E-state index in [1.807, 2.05) is 6.92 Å². The molecule has 2 unspecified atom stereocenters. The molecule has 118 valence electrons. The smallest absolute Gasteiger partial charge is 0.137 e. The van der Waals surface area contributed by atoms with Crippen LogP contribution in [0.5, 0.6) is 0 Å². The Morgan fingerprint density at radius 3 is 2.05 bits per heavy atom. The molecule has 0 aliphatic carbocycles. The predicted octanol–water partition coefficient (Wildman–Crippen LogP) is 2.59. The number of hydrogen-bond acceptors (Lipinski definition) is 5. The van der Waals surface area contributed by atoms with Crippen molar-refractivity contribution in [1.82, 2.24) is 9.97 Å². The number of hydrogen-bond donors (Lipinski definition) is 0. The first-order valence-corrected chi connectivity index (χ1v) is 7.51. The van der Waals surface area contributed by atoms with Gasteiger partial charge in [0.2, 0.25) is 0 Å². The molecule has 0 radical (unpaired) electrons. The largest absolute Gasteiger partial charge is 0.377 e. The number of anilines is 1. The topological polar surface area (TPSA) is 47.5 Å². The minimum absolute atomic E-state index is 0.0428. The van der Waals surface area contributed by atoms with Crippen LogP contribution >= 0.6 is 11.6 Å². The average Bonchev–Trinajstić information content (AvgIpc) is 2.83. The van der Waals surface area contributed by atoms with E-state index < -0.39 is 0 Å². The maximum atomic E-state index is 6.30. The van der Waals surface area contributed by atoms with Crippen molar-refractivity contribution in [1.29, 1.82) is 0 Å². The summed E-state index contributed by atoms with van der Waals surface area (Å²) in [6.07, 6.45) is 0.0856. The second-order valence-electron chi connectivity index (χ2n) is 6.49. The van der Waals surface area contributed by atoms with Crippen LogP contribution in [0, 0.1) is 6.92 Å². The summed E-state index contributed by atoms with van der Waals surface area (Å²) in [5.41, 5.74) is 0.754. The second kappa shape index (κ2) is 6.07. The van der Waals surface area contributed by atoms with Crippen molar-refractivity contribution in [2.24, 2.45) is 0 Å². The second-order valence-corrected chi connectivity index (χ2v) is 6.85. The van der Waals surface area contributed by atoms with Gasteiger partial charge in [0.25, 0.3) is 0 Å². The highest BCUT2D eigenvalue weighted by Crippen LogP contribution is 2.31. The summed E-state index contributed by atoms with van der Waals surface area (Å²) in [5, 5.41) is 0.514. The Labute approximate surface area is 131 Å². The van der Waals surface area contributed by atoms with Crippen LogP contribution in [-0.2, 0) is 14.9 Å². The Hall–Kier alpha value is -0.910. The van der Waals surface area contributed by atoms with Gasteiger partial charge in [-0.3, -0.25) is 0 Å². The summed E-state index contributed by atoms with van der Waals surface area (Å²) >= 11 is 6.30. The van der Waals surface area contributed by atoms with E-state index in [-0.39, 0.29) is 17.6 Å². The first kappa shape index (κ1) is 16.5. The molecular formula is C15H24ClN3O2. The molecule has 2 heterocycles. The summed E-state index contributed by atoms with van der Waals surface area (Å²) in [5.74, 6) is 1.63. The lowest BCUT2D eigenvalue weighted by Gasteiger charge is -2.24.